The third-order valence-electron chi connectivity index (χ3n) is 7.03. The number of aromatic nitrogens is 1. The van der Waals surface area contributed by atoms with Crippen molar-refractivity contribution < 1.29 is 50.4 Å². The molecule has 0 saturated carbocycles. The van der Waals surface area contributed by atoms with E-state index in [2.05, 4.69) is 15.0 Å². The van der Waals surface area contributed by atoms with Gasteiger partial charge in [-0.15, -0.1) is 4.72 Å². The molecule has 240 valence electrons. The topological polar surface area (TPSA) is 133 Å². The van der Waals surface area contributed by atoms with E-state index in [0.717, 1.165) is 35.4 Å². The van der Waals surface area contributed by atoms with Crippen LogP contribution in [0, 0.1) is 11.7 Å². The number of carbonyl (C=O) groups is 3. The summed E-state index contributed by atoms with van der Waals surface area (Å²) in [6.45, 7) is 5.34. The van der Waals surface area contributed by atoms with E-state index in [-0.39, 0.29) is 30.3 Å². The number of halogens is 5. The molecular formula is C28H31F5N4O6S. The highest BCUT2D eigenvalue weighted by atomic mass is 32.2. The number of carbonyl (C=O) groups excluding carboxylic acids is 3. The molecule has 10 nitrogen and oxygen atoms in total. The van der Waals surface area contributed by atoms with E-state index in [4.69, 9.17) is 9.47 Å². The van der Waals surface area contributed by atoms with Gasteiger partial charge in [-0.3, -0.25) is 19.8 Å². The number of benzene rings is 1. The van der Waals surface area contributed by atoms with Crippen molar-refractivity contribution in [3.63, 3.8) is 0 Å². The molecule has 4 atom stereocenters. The van der Waals surface area contributed by atoms with E-state index in [9.17, 15) is 32.1 Å². The maximum atomic E-state index is 16.2. The van der Waals surface area contributed by atoms with Crippen molar-refractivity contribution >= 4 is 29.2 Å². The smallest absolute Gasteiger partial charge is 0.433 e. The van der Waals surface area contributed by atoms with Crippen LogP contribution >= 0.6 is 0 Å². The zero-order chi connectivity index (χ0) is 32.4. The average molecular weight is 647 g/mol. The van der Waals surface area contributed by atoms with Crippen LogP contribution in [-0.4, -0.2) is 62.5 Å². The van der Waals surface area contributed by atoms with E-state index in [1.54, 1.807) is 20.8 Å². The van der Waals surface area contributed by atoms with Crippen LogP contribution in [0.2, 0.25) is 0 Å². The lowest BCUT2D eigenvalue weighted by Gasteiger charge is -2.38. The Kier molecular flexibility index (Phi) is 10.2. The number of imide groups is 2. The van der Waals surface area contributed by atoms with Crippen molar-refractivity contribution in [1.82, 2.24) is 19.9 Å². The van der Waals surface area contributed by atoms with Gasteiger partial charge in [-0.1, -0.05) is 0 Å². The highest BCUT2D eigenvalue weighted by Gasteiger charge is 2.46. The van der Waals surface area contributed by atoms with Gasteiger partial charge in [0.2, 0.25) is 11.8 Å². The van der Waals surface area contributed by atoms with Gasteiger partial charge < -0.3 is 14.0 Å². The first-order chi connectivity index (χ1) is 20.6. The number of alkyl halides is 4. The van der Waals surface area contributed by atoms with Gasteiger partial charge >= 0.3 is 12.2 Å². The van der Waals surface area contributed by atoms with Gasteiger partial charge in [-0.2, -0.15) is 13.2 Å². The molecular weight excluding hydrogens is 615 g/mol. The number of pyridine rings is 1. The fraction of sp³-hybridized carbons (Fsp3) is 0.500. The van der Waals surface area contributed by atoms with Gasteiger partial charge in [0.1, 0.15) is 45.9 Å². The molecule has 3 heterocycles. The standard InChI is InChI=1S/C28H31F5N4O6S/c1-27(2,3)44(41)36-23(18-12-16(4-6-20(18)29)43-17-5-7-22(34-14-17)28(31,32)33)21(30)13-19-24(38)35-26(40)37(25(19)39)15-8-10-42-11-9-15/h4-7,12,14-15,19,21,23,36H,8-11,13H2,1-3H3,(H,35,38,40)/t19?,21?,23?,44-/m1/s1. The van der Waals surface area contributed by atoms with Crippen molar-refractivity contribution in [1.29, 1.82) is 0 Å². The summed E-state index contributed by atoms with van der Waals surface area (Å²) in [5, 5.41) is 2.09. The van der Waals surface area contributed by atoms with Crippen LogP contribution < -0.4 is 14.8 Å². The maximum absolute atomic E-state index is 16.2. The summed E-state index contributed by atoms with van der Waals surface area (Å²) >= 11 is -1.97. The van der Waals surface area contributed by atoms with Crippen LogP contribution in [0.3, 0.4) is 0 Å². The lowest BCUT2D eigenvalue weighted by Crippen LogP contribution is -2.62. The number of rotatable bonds is 9. The van der Waals surface area contributed by atoms with Crippen LogP contribution in [0.1, 0.15) is 57.3 Å². The van der Waals surface area contributed by atoms with E-state index >= 15 is 8.78 Å². The quantitative estimate of drug-likeness (QED) is 0.227. The largest absolute Gasteiger partial charge is 0.598 e. The molecule has 2 saturated heterocycles. The van der Waals surface area contributed by atoms with Gasteiger partial charge in [-0.05, 0) is 63.9 Å². The van der Waals surface area contributed by atoms with Crippen LogP contribution in [0.25, 0.3) is 0 Å². The minimum Gasteiger partial charge on any atom is -0.598 e. The first-order valence-corrected chi connectivity index (χ1v) is 14.8. The van der Waals surface area contributed by atoms with Gasteiger partial charge in [0.25, 0.3) is 0 Å². The molecule has 44 heavy (non-hydrogen) atoms. The summed E-state index contributed by atoms with van der Waals surface area (Å²) in [5.74, 6) is -4.75. The van der Waals surface area contributed by atoms with Crippen molar-refractivity contribution in [2.75, 3.05) is 13.2 Å². The Morgan fingerprint density at radius 2 is 1.80 bits per heavy atom. The number of ether oxygens (including phenoxy) is 2. The summed E-state index contributed by atoms with van der Waals surface area (Å²) in [6, 6.07) is 1.67. The molecule has 2 aliphatic rings. The van der Waals surface area contributed by atoms with Crippen LogP contribution in [-0.2, 0) is 31.9 Å². The molecule has 1 aromatic heterocycles. The Morgan fingerprint density at radius 3 is 2.39 bits per heavy atom. The first kappa shape index (κ1) is 33.6. The molecule has 0 aliphatic carbocycles. The van der Waals surface area contributed by atoms with E-state index in [1.165, 1.54) is 0 Å². The Labute approximate surface area is 253 Å². The molecule has 4 amide bonds. The highest BCUT2D eigenvalue weighted by molar-refractivity contribution is 7.90. The minimum atomic E-state index is -4.68. The zero-order valence-electron chi connectivity index (χ0n) is 24.0. The SMILES string of the molecule is CC(C)(C)[S@@+]([O-])NC(c1cc(Oc2ccc(C(F)(F)F)nc2)ccc1F)C(F)CC1C(=O)NC(=O)N(C2CCOCC2)C1=O. The number of nitrogens with one attached hydrogen (secondary N) is 2. The van der Waals surface area contributed by atoms with Crippen LogP contribution in [0.15, 0.2) is 36.5 Å². The lowest BCUT2D eigenvalue weighted by atomic mass is 9.91. The number of hydrogen-bond donors (Lipinski definition) is 2. The highest BCUT2D eigenvalue weighted by Crippen LogP contribution is 2.35. The monoisotopic (exact) mass is 646 g/mol. The number of amides is 4. The molecule has 2 fully saturated rings. The third kappa shape index (κ3) is 7.83. The summed E-state index contributed by atoms with van der Waals surface area (Å²) < 4.78 is 95.5. The second-order valence-electron chi connectivity index (χ2n) is 11.3. The van der Waals surface area contributed by atoms with E-state index in [0.29, 0.717) is 18.9 Å². The van der Waals surface area contributed by atoms with Crippen molar-refractivity contribution in [2.24, 2.45) is 5.92 Å². The van der Waals surface area contributed by atoms with E-state index in [1.807, 2.05) is 0 Å². The Bertz CT molecular complexity index is 1370. The Balaban J connectivity index is 1.61. The maximum Gasteiger partial charge on any atom is 0.433 e. The average Bonchev–Trinajstić information content (AvgIpc) is 2.94. The fourth-order valence-corrected chi connectivity index (χ4v) is 5.54. The minimum absolute atomic E-state index is 0.105. The molecule has 2 aliphatic heterocycles. The second-order valence-corrected chi connectivity index (χ2v) is 13.3. The van der Waals surface area contributed by atoms with E-state index < -0.39 is 82.2 Å². The lowest BCUT2D eigenvalue weighted by molar-refractivity contribution is -0.146. The summed E-state index contributed by atoms with van der Waals surface area (Å²) in [4.78, 5) is 42.7. The summed E-state index contributed by atoms with van der Waals surface area (Å²) in [5.41, 5.74) is -1.54. The summed E-state index contributed by atoms with van der Waals surface area (Å²) in [7, 11) is 0. The molecule has 2 N–H and O–H groups in total. The second kappa shape index (κ2) is 13.3. The Morgan fingerprint density at radius 1 is 1.14 bits per heavy atom. The molecule has 2 aromatic rings. The molecule has 0 radical (unpaired) electrons. The molecule has 4 rings (SSSR count). The number of nitrogens with zero attached hydrogens (tertiary/aromatic N) is 2. The zero-order valence-corrected chi connectivity index (χ0v) is 24.8. The normalized spacial score (nSPS) is 20.7. The number of hydrogen-bond acceptors (Lipinski definition) is 8. The molecule has 0 spiro atoms. The van der Waals surface area contributed by atoms with Gasteiger partial charge in [0.15, 0.2) is 0 Å². The third-order valence-corrected chi connectivity index (χ3v) is 8.62. The molecule has 3 unspecified atom stereocenters. The van der Waals surface area contributed by atoms with Gasteiger partial charge in [-0.25, -0.2) is 18.6 Å². The van der Waals surface area contributed by atoms with Gasteiger partial charge in [0.05, 0.1) is 6.20 Å². The Hall–Kier alpha value is -3.34. The molecule has 1 aromatic carbocycles. The van der Waals surface area contributed by atoms with Crippen molar-refractivity contribution in [3.8, 4) is 11.5 Å². The number of urea groups is 1. The first-order valence-electron chi connectivity index (χ1n) is 13.6. The van der Waals surface area contributed by atoms with Crippen molar-refractivity contribution in [2.45, 2.75) is 69.2 Å². The molecule has 0 bridgehead atoms. The number of barbiturate groups is 1. The predicted octanol–water partition coefficient (Wildman–Crippen LogP) is 4.73. The summed E-state index contributed by atoms with van der Waals surface area (Å²) in [6.07, 6.45) is -6.17. The van der Waals surface area contributed by atoms with Gasteiger partial charge in [0, 0.05) is 42.6 Å². The van der Waals surface area contributed by atoms with Crippen LogP contribution in [0.4, 0.5) is 26.7 Å². The van der Waals surface area contributed by atoms with Crippen molar-refractivity contribution in [3.05, 3.63) is 53.6 Å². The molecule has 16 heteroatoms. The van der Waals surface area contributed by atoms with Crippen LogP contribution in [0.5, 0.6) is 11.5 Å². The fourth-order valence-electron chi connectivity index (χ4n) is 4.68. The predicted molar refractivity (Wildman–Crippen MR) is 147 cm³/mol.